The minimum Gasteiger partial charge on any atom is -0.195 e. The lowest BCUT2D eigenvalue weighted by molar-refractivity contribution is 0.426. The maximum Gasteiger partial charge on any atom is 0.279 e. The van der Waals surface area contributed by atoms with Crippen LogP contribution in [0.1, 0.15) is 26.7 Å². The van der Waals surface area contributed by atoms with Gasteiger partial charge in [-0.1, -0.05) is 13.8 Å². The van der Waals surface area contributed by atoms with Gasteiger partial charge in [0.1, 0.15) is 0 Å². The third-order valence-electron chi connectivity index (χ3n) is 2.50. The monoisotopic (exact) mass is 240 g/mol. The summed E-state index contributed by atoms with van der Waals surface area (Å²) < 4.78 is 27.6. The Kier molecular flexibility index (Phi) is 3.80. The molecule has 4 nitrogen and oxygen atoms in total. The van der Waals surface area contributed by atoms with Crippen LogP contribution in [0.2, 0.25) is 0 Å². The van der Waals surface area contributed by atoms with Gasteiger partial charge in [-0.3, -0.25) is 0 Å². The summed E-state index contributed by atoms with van der Waals surface area (Å²) in [5.41, 5.74) is -0.358. The van der Waals surface area contributed by atoms with Crippen LogP contribution in [0.15, 0.2) is 0 Å². The fourth-order valence-electron chi connectivity index (χ4n) is 1.32. The van der Waals surface area contributed by atoms with Gasteiger partial charge in [-0.2, -0.15) is 17.4 Å². The van der Waals surface area contributed by atoms with Crippen LogP contribution in [0.4, 0.5) is 0 Å². The van der Waals surface area contributed by atoms with Crippen molar-refractivity contribution < 1.29 is 8.42 Å². The smallest absolute Gasteiger partial charge is 0.195 e. The van der Waals surface area contributed by atoms with E-state index in [1.165, 1.54) is 4.31 Å². The highest BCUT2D eigenvalue weighted by molar-refractivity contribution is 7.87. The van der Waals surface area contributed by atoms with Crippen LogP contribution in [0.3, 0.4) is 0 Å². The molecule has 0 unspecified atom stereocenters. The average molecular weight is 241 g/mol. The summed E-state index contributed by atoms with van der Waals surface area (Å²) in [6, 6.07) is 0. The molecule has 0 aliphatic heterocycles. The van der Waals surface area contributed by atoms with Crippen molar-refractivity contribution in [1.82, 2.24) is 9.03 Å². The van der Waals surface area contributed by atoms with E-state index in [9.17, 15) is 8.42 Å². The maximum atomic E-state index is 11.8. The molecule has 0 radical (unpaired) electrons. The van der Waals surface area contributed by atoms with Gasteiger partial charge < -0.3 is 0 Å². The second-order valence-electron chi connectivity index (χ2n) is 3.61. The first-order valence-electron chi connectivity index (χ1n) is 4.84. The van der Waals surface area contributed by atoms with Crippen LogP contribution < -0.4 is 4.72 Å². The second kappa shape index (κ2) is 4.35. The number of hydrogen-bond donors (Lipinski definition) is 1. The van der Waals surface area contributed by atoms with E-state index in [2.05, 4.69) is 4.72 Å². The predicted octanol–water partition coefficient (Wildman–Crippen LogP) is 0.934. The molecule has 84 valence electrons. The Labute approximate surface area is 90.8 Å². The SMILES string of the molecule is CCN(CC)S(=O)(=O)NC1(CCl)CC1. The summed E-state index contributed by atoms with van der Waals surface area (Å²) in [6.07, 6.45) is 1.69. The highest BCUT2D eigenvalue weighted by atomic mass is 35.5. The Balaban J connectivity index is 2.66. The maximum absolute atomic E-state index is 11.8. The molecule has 6 heteroatoms. The molecule has 1 aliphatic carbocycles. The number of hydrogen-bond acceptors (Lipinski definition) is 2. The summed E-state index contributed by atoms with van der Waals surface area (Å²) in [5.74, 6) is 0.355. The van der Waals surface area contributed by atoms with Crippen LogP contribution in [0, 0.1) is 0 Å². The molecule has 0 aromatic rings. The van der Waals surface area contributed by atoms with Crippen molar-refractivity contribution in [3.63, 3.8) is 0 Å². The molecule has 0 aromatic heterocycles. The summed E-state index contributed by atoms with van der Waals surface area (Å²) in [5, 5.41) is 0. The van der Waals surface area contributed by atoms with Gasteiger partial charge in [0.05, 0.1) is 0 Å². The molecule has 0 atom stereocenters. The highest BCUT2D eigenvalue weighted by Crippen LogP contribution is 2.37. The largest absolute Gasteiger partial charge is 0.279 e. The third kappa shape index (κ3) is 2.59. The number of nitrogens with zero attached hydrogens (tertiary/aromatic N) is 1. The highest BCUT2D eigenvalue weighted by Gasteiger charge is 2.45. The van der Waals surface area contributed by atoms with E-state index in [0.29, 0.717) is 19.0 Å². The zero-order chi connectivity index (χ0) is 10.8. The molecular formula is C8H17ClN2O2S. The number of rotatable bonds is 6. The molecule has 0 saturated heterocycles. The molecule has 1 N–H and O–H groups in total. The Morgan fingerprint density at radius 1 is 1.36 bits per heavy atom. The van der Waals surface area contributed by atoms with Gasteiger partial charge in [0, 0.05) is 24.5 Å². The predicted molar refractivity (Wildman–Crippen MR) is 57.7 cm³/mol. The van der Waals surface area contributed by atoms with Gasteiger partial charge in [-0.05, 0) is 12.8 Å². The summed E-state index contributed by atoms with van der Waals surface area (Å²) in [4.78, 5) is 0. The van der Waals surface area contributed by atoms with E-state index in [1.807, 2.05) is 13.8 Å². The molecular weight excluding hydrogens is 224 g/mol. The van der Waals surface area contributed by atoms with Crippen molar-refractivity contribution in [3.05, 3.63) is 0 Å². The first-order chi connectivity index (χ1) is 6.49. The Morgan fingerprint density at radius 2 is 1.86 bits per heavy atom. The summed E-state index contributed by atoms with van der Waals surface area (Å²) in [6.45, 7) is 4.63. The van der Waals surface area contributed by atoms with Crippen LogP contribution in [-0.4, -0.2) is 37.2 Å². The van der Waals surface area contributed by atoms with Crippen molar-refractivity contribution in [1.29, 1.82) is 0 Å². The van der Waals surface area contributed by atoms with Crippen LogP contribution >= 0.6 is 11.6 Å². The van der Waals surface area contributed by atoms with Crippen molar-refractivity contribution in [2.24, 2.45) is 0 Å². The van der Waals surface area contributed by atoms with Crippen LogP contribution in [0.5, 0.6) is 0 Å². The van der Waals surface area contributed by atoms with E-state index in [4.69, 9.17) is 11.6 Å². The fourth-order valence-corrected chi connectivity index (χ4v) is 3.36. The number of nitrogens with one attached hydrogen (secondary N) is 1. The van der Waals surface area contributed by atoms with E-state index in [-0.39, 0.29) is 5.54 Å². The lowest BCUT2D eigenvalue weighted by Crippen LogP contribution is -2.47. The van der Waals surface area contributed by atoms with E-state index < -0.39 is 10.2 Å². The van der Waals surface area contributed by atoms with Crippen LogP contribution in [-0.2, 0) is 10.2 Å². The average Bonchev–Trinajstić information content (AvgIpc) is 2.86. The van der Waals surface area contributed by atoms with Crippen molar-refractivity contribution in [3.8, 4) is 0 Å². The first kappa shape index (κ1) is 12.2. The Morgan fingerprint density at radius 3 is 2.14 bits per heavy atom. The molecule has 1 rings (SSSR count). The Bertz CT molecular complexity index is 284. The molecule has 0 spiro atoms. The minimum atomic E-state index is -3.33. The van der Waals surface area contributed by atoms with Gasteiger partial charge in [0.2, 0.25) is 0 Å². The molecule has 0 amide bonds. The van der Waals surface area contributed by atoms with Crippen molar-refractivity contribution in [2.45, 2.75) is 32.2 Å². The molecule has 1 saturated carbocycles. The van der Waals surface area contributed by atoms with Gasteiger partial charge in [-0.25, -0.2) is 0 Å². The second-order valence-corrected chi connectivity index (χ2v) is 5.54. The molecule has 14 heavy (non-hydrogen) atoms. The number of halogens is 1. The van der Waals surface area contributed by atoms with Crippen LogP contribution in [0.25, 0.3) is 0 Å². The van der Waals surface area contributed by atoms with Gasteiger partial charge in [-0.15, -0.1) is 11.6 Å². The van der Waals surface area contributed by atoms with Crippen molar-refractivity contribution >= 4 is 21.8 Å². The quantitative estimate of drug-likeness (QED) is 0.703. The third-order valence-corrected chi connectivity index (χ3v) is 4.90. The topological polar surface area (TPSA) is 49.4 Å². The van der Waals surface area contributed by atoms with Gasteiger partial charge in [0.15, 0.2) is 0 Å². The van der Waals surface area contributed by atoms with Gasteiger partial charge in [0.25, 0.3) is 10.2 Å². The number of alkyl halides is 1. The molecule has 0 heterocycles. The normalized spacial score (nSPS) is 20.0. The minimum absolute atomic E-state index is 0.355. The Hall–Kier alpha value is 0.160. The lowest BCUT2D eigenvalue weighted by atomic mass is 10.4. The van der Waals surface area contributed by atoms with E-state index in [0.717, 1.165) is 12.8 Å². The van der Waals surface area contributed by atoms with Crippen molar-refractivity contribution in [2.75, 3.05) is 19.0 Å². The zero-order valence-electron chi connectivity index (χ0n) is 8.59. The molecule has 0 aromatic carbocycles. The van der Waals surface area contributed by atoms with E-state index >= 15 is 0 Å². The standard InChI is InChI=1S/C8H17ClN2O2S/c1-3-11(4-2)14(12,13)10-8(7-9)5-6-8/h10H,3-7H2,1-2H3. The first-order valence-corrected chi connectivity index (χ1v) is 6.82. The lowest BCUT2D eigenvalue weighted by Gasteiger charge is -2.22. The van der Waals surface area contributed by atoms with E-state index in [1.54, 1.807) is 0 Å². The summed E-state index contributed by atoms with van der Waals surface area (Å²) >= 11 is 5.71. The zero-order valence-corrected chi connectivity index (χ0v) is 10.2. The fraction of sp³-hybridized carbons (Fsp3) is 1.00. The molecule has 0 bridgehead atoms. The molecule has 1 fully saturated rings. The van der Waals surface area contributed by atoms with Gasteiger partial charge >= 0.3 is 0 Å². The molecule has 1 aliphatic rings. The summed E-state index contributed by atoms with van der Waals surface area (Å²) in [7, 11) is -3.33.